The molecule has 0 saturated heterocycles. The highest BCUT2D eigenvalue weighted by molar-refractivity contribution is 5.87. The Morgan fingerprint density at radius 3 is 2.54 bits per heavy atom. The van der Waals surface area contributed by atoms with E-state index in [1.165, 1.54) is 31.9 Å². The van der Waals surface area contributed by atoms with Crippen LogP contribution in [0.5, 0.6) is 5.75 Å². The Kier molecular flexibility index (Phi) is 7.38. The monoisotopic (exact) mass is 513 g/mol. The van der Waals surface area contributed by atoms with Gasteiger partial charge in [-0.1, -0.05) is 34.1 Å². The van der Waals surface area contributed by atoms with Gasteiger partial charge in [-0.15, -0.1) is 0 Å². The van der Waals surface area contributed by atoms with E-state index < -0.39 is 5.97 Å². The van der Waals surface area contributed by atoms with Crippen molar-refractivity contribution in [2.75, 3.05) is 6.61 Å². The Hall–Kier alpha value is -1.66. The van der Waals surface area contributed by atoms with Crippen molar-refractivity contribution in [2.45, 2.75) is 97.7 Å². The van der Waals surface area contributed by atoms with Crippen LogP contribution in [0.25, 0.3) is 0 Å². The SMILES string of the molecule is CC[C@H]1[C@@H](O)[C@@H]2[C@H](CC[C@]3(C)[C@@H]([C@H](C)CCOc4cncc(C(=O)O)c4)CC[C@@H]23)[C@@]2(C)CC[C@@H](O)C[C@@H]12. The summed E-state index contributed by atoms with van der Waals surface area (Å²) in [5.41, 5.74) is 0.622. The second-order valence-corrected chi connectivity index (χ2v) is 13.5. The van der Waals surface area contributed by atoms with Crippen molar-refractivity contribution in [1.29, 1.82) is 0 Å². The summed E-state index contributed by atoms with van der Waals surface area (Å²) in [4.78, 5) is 15.2. The van der Waals surface area contributed by atoms with E-state index in [2.05, 4.69) is 32.7 Å². The molecule has 4 saturated carbocycles. The van der Waals surface area contributed by atoms with Crippen LogP contribution in [0, 0.1) is 52.3 Å². The molecular formula is C31H47NO5. The number of aliphatic hydroxyl groups excluding tert-OH is 2. The summed E-state index contributed by atoms with van der Waals surface area (Å²) < 4.78 is 5.92. The number of hydrogen-bond donors (Lipinski definition) is 3. The van der Waals surface area contributed by atoms with Crippen LogP contribution in [0.1, 0.15) is 95.8 Å². The number of carboxylic acid groups (broad SMARTS) is 1. The third kappa shape index (κ3) is 4.50. The van der Waals surface area contributed by atoms with Gasteiger partial charge in [-0.25, -0.2) is 4.79 Å². The van der Waals surface area contributed by atoms with Crippen LogP contribution in [-0.2, 0) is 0 Å². The van der Waals surface area contributed by atoms with Crippen LogP contribution in [-0.4, -0.2) is 45.1 Å². The normalized spacial score (nSPS) is 43.8. The highest BCUT2D eigenvalue weighted by Gasteiger charge is 2.64. The number of fused-ring (bicyclic) bond motifs is 5. The lowest BCUT2D eigenvalue weighted by Gasteiger charge is -2.64. The van der Waals surface area contributed by atoms with Crippen LogP contribution in [0.15, 0.2) is 18.5 Å². The molecule has 0 unspecified atom stereocenters. The van der Waals surface area contributed by atoms with Gasteiger partial charge in [-0.2, -0.15) is 0 Å². The Bertz CT molecular complexity index is 984. The molecule has 4 aliphatic rings. The van der Waals surface area contributed by atoms with E-state index in [9.17, 15) is 20.1 Å². The van der Waals surface area contributed by atoms with Crippen molar-refractivity contribution in [3.8, 4) is 5.75 Å². The van der Waals surface area contributed by atoms with Gasteiger partial charge in [0, 0.05) is 6.20 Å². The van der Waals surface area contributed by atoms with E-state index in [1.807, 2.05) is 0 Å². The first-order chi connectivity index (χ1) is 17.6. The van der Waals surface area contributed by atoms with Crippen molar-refractivity contribution >= 4 is 5.97 Å². The highest BCUT2D eigenvalue weighted by Crippen LogP contribution is 2.69. The lowest BCUT2D eigenvalue weighted by molar-refractivity contribution is -0.203. The van der Waals surface area contributed by atoms with Crippen molar-refractivity contribution in [1.82, 2.24) is 4.98 Å². The second-order valence-electron chi connectivity index (χ2n) is 13.5. The zero-order valence-electron chi connectivity index (χ0n) is 23.1. The summed E-state index contributed by atoms with van der Waals surface area (Å²) in [5, 5.41) is 31.6. The number of aromatic nitrogens is 1. The number of carboxylic acids is 1. The largest absolute Gasteiger partial charge is 0.492 e. The number of carbonyl (C=O) groups is 1. The number of hydrogen-bond acceptors (Lipinski definition) is 5. The van der Waals surface area contributed by atoms with Crippen LogP contribution in [0.2, 0.25) is 0 Å². The smallest absolute Gasteiger partial charge is 0.337 e. The summed E-state index contributed by atoms with van der Waals surface area (Å²) in [7, 11) is 0. The summed E-state index contributed by atoms with van der Waals surface area (Å²) in [6.07, 6.45) is 12.1. The molecule has 0 aromatic carbocycles. The molecule has 4 fully saturated rings. The third-order valence-electron chi connectivity index (χ3n) is 12.0. The number of pyridine rings is 1. The molecule has 0 amide bonds. The molecule has 6 nitrogen and oxygen atoms in total. The maximum Gasteiger partial charge on any atom is 0.337 e. The van der Waals surface area contributed by atoms with Gasteiger partial charge in [-0.3, -0.25) is 4.98 Å². The maximum absolute atomic E-state index is 11.9. The van der Waals surface area contributed by atoms with E-state index in [1.54, 1.807) is 12.3 Å². The standard InChI is InChI=1S/C31H47NO5/c1-5-22-26-15-20(33)8-11-31(26,4)25-9-12-30(3)23(6-7-24(30)27(25)28(22)34)18(2)10-13-37-21-14-19(29(35)36)16-32-17-21/h14,16-18,20,22-28,33-34H,5-13,15H2,1-4H3,(H,35,36)/t18-,20-,22-,23-,24+,25+,26+,27+,28-,30-,31-/m1/s1. The topological polar surface area (TPSA) is 99.9 Å². The summed E-state index contributed by atoms with van der Waals surface area (Å²) >= 11 is 0. The third-order valence-corrected chi connectivity index (χ3v) is 12.0. The molecule has 206 valence electrons. The fourth-order valence-corrected chi connectivity index (χ4v) is 10.1. The molecule has 5 rings (SSSR count). The van der Waals surface area contributed by atoms with Crippen molar-refractivity contribution < 1.29 is 24.9 Å². The molecule has 4 aliphatic carbocycles. The van der Waals surface area contributed by atoms with E-state index in [0.29, 0.717) is 53.8 Å². The second kappa shape index (κ2) is 10.1. The molecular weight excluding hydrogens is 466 g/mol. The van der Waals surface area contributed by atoms with Crippen molar-refractivity contribution in [2.24, 2.45) is 52.3 Å². The predicted molar refractivity (Wildman–Crippen MR) is 142 cm³/mol. The Morgan fingerprint density at radius 2 is 1.81 bits per heavy atom. The lowest BCUT2D eigenvalue weighted by Crippen LogP contribution is -2.62. The van der Waals surface area contributed by atoms with E-state index in [0.717, 1.165) is 32.1 Å². The molecule has 11 atom stereocenters. The molecule has 0 spiro atoms. The molecule has 0 radical (unpaired) electrons. The Labute approximate surface area is 222 Å². The van der Waals surface area contributed by atoms with Crippen molar-refractivity contribution in [3.63, 3.8) is 0 Å². The minimum absolute atomic E-state index is 0.147. The fourth-order valence-electron chi connectivity index (χ4n) is 10.1. The van der Waals surface area contributed by atoms with Gasteiger partial charge < -0.3 is 20.1 Å². The summed E-state index contributed by atoms with van der Waals surface area (Å²) in [6, 6.07) is 1.54. The molecule has 0 aliphatic heterocycles. The first kappa shape index (κ1) is 26.9. The van der Waals surface area contributed by atoms with Gasteiger partial charge in [-0.05, 0) is 110 Å². The highest BCUT2D eigenvalue weighted by atomic mass is 16.5. The molecule has 6 heteroatoms. The van der Waals surface area contributed by atoms with Crippen LogP contribution >= 0.6 is 0 Å². The average molecular weight is 514 g/mol. The van der Waals surface area contributed by atoms with Gasteiger partial charge in [0.1, 0.15) is 5.75 Å². The molecule has 0 bridgehead atoms. The Balaban J connectivity index is 1.29. The summed E-state index contributed by atoms with van der Waals surface area (Å²) in [5.74, 6) is 2.85. The number of aliphatic hydroxyl groups is 2. The average Bonchev–Trinajstić information content (AvgIpc) is 3.22. The molecule has 3 N–H and O–H groups in total. The van der Waals surface area contributed by atoms with E-state index in [-0.39, 0.29) is 28.6 Å². The number of ether oxygens (including phenoxy) is 1. The van der Waals surface area contributed by atoms with Gasteiger partial charge in [0.25, 0.3) is 0 Å². The zero-order valence-corrected chi connectivity index (χ0v) is 23.1. The number of aromatic carboxylic acids is 1. The Morgan fingerprint density at radius 1 is 1.08 bits per heavy atom. The van der Waals surface area contributed by atoms with Gasteiger partial charge in [0.05, 0.1) is 30.6 Å². The number of rotatable bonds is 7. The predicted octanol–water partition coefficient (Wildman–Crippen LogP) is 5.81. The lowest BCUT2D eigenvalue weighted by atomic mass is 9.41. The van der Waals surface area contributed by atoms with E-state index in [4.69, 9.17) is 4.74 Å². The minimum Gasteiger partial charge on any atom is -0.492 e. The fraction of sp³-hybridized carbons (Fsp3) is 0.806. The van der Waals surface area contributed by atoms with Crippen molar-refractivity contribution in [3.05, 3.63) is 24.0 Å². The van der Waals surface area contributed by atoms with E-state index >= 15 is 0 Å². The first-order valence-corrected chi connectivity index (χ1v) is 14.8. The maximum atomic E-state index is 11.9. The quantitative estimate of drug-likeness (QED) is 0.425. The first-order valence-electron chi connectivity index (χ1n) is 14.8. The minimum atomic E-state index is -0.994. The van der Waals surface area contributed by atoms with Crippen LogP contribution < -0.4 is 4.74 Å². The van der Waals surface area contributed by atoms with Gasteiger partial charge in [0.2, 0.25) is 0 Å². The zero-order chi connectivity index (χ0) is 26.5. The molecule has 1 aromatic heterocycles. The molecule has 1 aromatic rings. The van der Waals surface area contributed by atoms with Gasteiger partial charge >= 0.3 is 5.97 Å². The van der Waals surface area contributed by atoms with Crippen LogP contribution in [0.4, 0.5) is 0 Å². The number of nitrogens with zero attached hydrogens (tertiary/aromatic N) is 1. The molecule has 37 heavy (non-hydrogen) atoms. The van der Waals surface area contributed by atoms with Crippen LogP contribution in [0.3, 0.4) is 0 Å². The summed E-state index contributed by atoms with van der Waals surface area (Å²) in [6.45, 7) is 10.2. The van der Waals surface area contributed by atoms with Gasteiger partial charge in [0.15, 0.2) is 0 Å². The molecule has 1 heterocycles.